The van der Waals surface area contributed by atoms with Gasteiger partial charge in [0, 0.05) is 35.6 Å². The fourth-order valence-corrected chi connectivity index (χ4v) is 4.27. The lowest BCUT2D eigenvalue weighted by Crippen LogP contribution is -2.48. The lowest BCUT2D eigenvalue weighted by Gasteiger charge is -2.47. The number of nitrogens with one attached hydrogen (secondary N) is 1. The van der Waals surface area contributed by atoms with E-state index in [0.717, 1.165) is 24.9 Å². The van der Waals surface area contributed by atoms with Gasteiger partial charge in [-0.15, -0.1) is 0 Å². The Morgan fingerprint density at radius 2 is 2.24 bits per heavy atom. The van der Waals surface area contributed by atoms with Crippen LogP contribution in [0.2, 0.25) is 5.02 Å². The van der Waals surface area contributed by atoms with Gasteiger partial charge in [0.15, 0.2) is 0 Å². The first-order valence-corrected chi connectivity index (χ1v) is 10.1. The van der Waals surface area contributed by atoms with Crippen LogP contribution in [0.5, 0.6) is 0 Å². The topological polar surface area (TPSA) is 83.7 Å². The van der Waals surface area contributed by atoms with Crippen molar-refractivity contribution < 1.29 is 4.92 Å². The molecular weight excluding hydrogens is 390 g/mol. The zero-order valence-electron chi connectivity index (χ0n) is 17.1. The summed E-state index contributed by atoms with van der Waals surface area (Å²) in [6, 6.07) is 6.97. The molecule has 154 valence electrons. The van der Waals surface area contributed by atoms with Gasteiger partial charge in [-0.3, -0.25) is 15.5 Å². The molecule has 0 radical (unpaired) electrons. The number of hydrazone groups is 1. The number of fused-ring (bicyclic) bond motifs is 1. The fraction of sp³-hybridized carbons (Fsp3) is 0.429. The molecule has 1 aromatic heterocycles. The highest BCUT2D eigenvalue weighted by Crippen LogP contribution is 2.45. The highest BCUT2D eigenvalue weighted by atomic mass is 35.5. The van der Waals surface area contributed by atoms with Gasteiger partial charge in [-0.05, 0) is 56.4 Å². The minimum atomic E-state index is -0.498. The van der Waals surface area contributed by atoms with E-state index in [0.29, 0.717) is 10.9 Å². The first-order chi connectivity index (χ1) is 13.7. The molecule has 1 atom stereocenters. The van der Waals surface area contributed by atoms with Crippen molar-refractivity contribution in [1.29, 1.82) is 0 Å². The van der Waals surface area contributed by atoms with E-state index in [1.807, 2.05) is 6.07 Å². The molecule has 7 nitrogen and oxygen atoms in total. The largest absolute Gasteiger partial charge is 0.366 e. The Bertz CT molecular complexity index is 945. The van der Waals surface area contributed by atoms with Crippen LogP contribution < -0.4 is 10.3 Å². The molecule has 1 N–H and O–H groups in total. The average Bonchev–Trinajstić information content (AvgIpc) is 2.66. The Hall–Kier alpha value is -2.67. The van der Waals surface area contributed by atoms with Crippen molar-refractivity contribution in [2.45, 2.75) is 52.0 Å². The van der Waals surface area contributed by atoms with Crippen molar-refractivity contribution in [3.8, 4) is 0 Å². The maximum absolute atomic E-state index is 11.1. The van der Waals surface area contributed by atoms with Crippen LogP contribution in [0.25, 0.3) is 0 Å². The van der Waals surface area contributed by atoms with Crippen molar-refractivity contribution in [1.82, 2.24) is 4.98 Å². The zero-order valence-corrected chi connectivity index (χ0v) is 17.9. The molecular formula is C21H26ClN5O2. The maximum atomic E-state index is 11.1. The van der Waals surface area contributed by atoms with Crippen LogP contribution in [0.3, 0.4) is 0 Å². The first-order valence-electron chi connectivity index (χ1n) is 9.74. The van der Waals surface area contributed by atoms with E-state index in [4.69, 9.17) is 11.6 Å². The lowest BCUT2D eigenvalue weighted by atomic mass is 9.79. The van der Waals surface area contributed by atoms with Crippen molar-refractivity contribution in [3.63, 3.8) is 0 Å². The van der Waals surface area contributed by atoms with Crippen LogP contribution in [-0.4, -0.2) is 28.2 Å². The number of aromatic nitrogens is 1. The van der Waals surface area contributed by atoms with Crippen LogP contribution >= 0.6 is 11.6 Å². The van der Waals surface area contributed by atoms with E-state index in [9.17, 15) is 10.1 Å². The minimum absolute atomic E-state index is 0.0703. The summed E-state index contributed by atoms with van der Waals surface area (Å²) in [6.45, 7) is 9.93. The molecule has 0 aliphatic carbocycles. The summed E-state index contributed by atoms with van der Waals surface area (Å²) in [5, 5.41) is 15.8. The van der Waals surface area contributed by atoms with Crippen LogP contribution in [0, 0.1) is 10.1 Å². The number of hydrogen-bond acceptors (Lipinski definition) is 6. The fourth-order valence-electron chi connectivity index (χ4n) is 4.06. The van der Waals surface area contributed by atoms with Gasteiger partial charge < -0.3 is 4.90 Å². The van der Waals surface area contributed by atoms with Gasteiger partial charge in [0.25, 0.3) is 0 Å². The minimum Gasteiger partial charge on any atom is -0.366 e. The van der Waals surface area contributed by atoms with Crippen molar-refractivity contribution >= 4 is 35.0 Å². The third-order valence-electron chi connectivity index (χ3n) is 5.31. The molecule has 2 heterocycles. The van der Waals surface area contributed by atoms with Crippen molar-refractivity contribution in [3.05, 3.63) is 56.7 Å². The quantitative estimate of drug-likeness (QED) is 0.377. The number of anilines is 2. The third kappa shape index (κ3) is 4.34. The Kier molecular flexibility index (Phi) is 6.07. The standard InChI is InChI=1S/C21H26ClN5O2/c1-5-9-26-19-11-17(22)15(10-16(19)14(2)12-21(26,3)4)13-24-25-20-18(27(28)29)7-6-8-23-20/h6-8,10-11,13-14H,5,9,12H2,1-4H3,(H,23,25)/b24-13-. The maximum Gasteiger partial charge on any atom is 0.313 e. The summed E-state index contributed by atoms with van der Waals surface area (Å²) in [5.74, 6) is 0.481. The third-order valence-corrected chi connectivity index (χ3v) is 5.64. The number of nitro groups is 1. The van der Waals surface area contributed by atoms with Gasteiger partial charge in [0.05, 0.1) is 16.2 Å². The molecule has 0 fully saturated rings. The second-order valence-corrected chi connectivity index (χ2v) is 8.41. The normalized spacial score (nSPS) is 18.0. The van der Waals surface area contributed by atoms with E-state index in [1.54, 1.807) is 6.21 Å². The molecule has 0 saturated heterocycles. The number of halogens is 1. The van der Waals surface area contributed by atoms with Crippen molar-refractivity contribution in [2.24, 2.45) is 5.10 Å². The van der Waals surface area contributed by atoms with E-state index >= 15 is 0 Å². The van der Waals surface area contributed by atoms with Crippen LogP contribution in [-0.2, 0) is 0 Å². The van der Waals surface area contributed by atoms with E-state index in [2.05, 4.69) is 54.2 Å². The summed E-state index contributed by atoms with van der Waals surface area (Å²) >= 11 is 6.56. The Balaban J connectivity index is 1.90. The van der Waals surface area contributed by atoms with Crippen LogP contribution in [0.15, 0.2) is 35.6 Å². The molecule has 3 rings (SSSR count). The molecule has 29 heavy (non-hydrogen) atoms. The van der Waals surface area contributed by atoms with Gasteiger partial charge in [-0.2, -0.15) is 5.10 Å². The molecule has 0 saturated carbocycles. The summed E-state index contributed by atoms with van der Waals surface area (Å²) in [4.78, 5) is 17.0. The molecule has 0 amide bonds. The van der Waals surface area contributed by atoms with E-state index < -0.39 is 4.92 Å². The van der Waals surface area contributed by atoms with Crippen molar-refractivity contribution in [2.75, 3.05) is 16.9 Å². The predicted molar refractivity (Wildman–Crippen MR) is 118 cm³/mol. The van der Waals surface area contributed by atoms with Gasteiger partial charge >= 0.3 is 5.69 Å². The Labute approximate surface area is 175 Å². The molecule has 1 aliphatic heterocycles. The molecule has 8 heteroatoms. The Morgan fingerprint density at radius 3 is 2.93 bits per heavy atom. The van der Waals surface area contributed by atoms with Crippen LogP contribution in [0.1, 0.15) is 57.6 Å². The number of rotatable bonds is 6. The van der Waals surface area contributed by atoms with E-state index in [-0.39, 0.29) is 17.0 Å². The predicted octanol–water partition coefficient (Wildman–Crippen LogP) is 5.59. The number of nitrogens with zero attached hydrogens (tertiary/aromatic N) is 4. The number of pyridine rings is 1. The second kappa shape index (κ2) is 8.37. The Morgan fingerprint density at radius 1 is 1.48 bits per heavy atom. The molecule has 1 unspecified atom stereocenters. The molecule has 1 aromatic carbocycles. The lowest BCUT2D eigenvalue weighted by molar-refractivity contribution is -0.384. The summed E-state index contributed by atoms with van der Waals surface area (Å²) in [6.07, 6.45) is 5.17. The molecule has 0 bridgehead atoms. The number of hydrogen-bond donors (Lipinski definition) is 1. The summed E-state index contributed by atoms with van der Waals surface area (Å²) in [7, 11) is 0. The van der Waals surface area contributed by atoms with Crippen LogP contribution in [0.4, 0.5) is 17.2 Å². The summed E-state index contributed by atoms with van der Waals surface area (Å²) < 4.78 is 0. The first kappa shape index (κ1) is 21.0. The highest BCUT2D eigenvalue weighted by molar-refractivity contribution is 6.33. The number of benzene rings is 1. The SMILES string of the molecule is CCCN1c2cc(Cl)c(/C=N\Nc3ncccc3[N+](=O)[O-])cc2C(C)CC1(C)C. The molecule has 1 aliphatic rings. The summed E-state index contributed by atoms with van der Waals surface area (Å²) in [5.41, 5.74) is 5.77. The second-order valence-electron chi connectivity index (χ2n) is 8.00. The van der Waals surface area contributed by atoms with Gasteiger partial charge in [0.2, 0.25) is 5.82 Å². The van der Waals surface area contributed by atoms with E-state index in [1.165, 1.54) is 29.6 Å². The van der Waals surface area contributed by atoms with Gasteiger partial charge in [-0.1, -0.05) is 25.4 Å². The highest BCUT2D eigenvalue weighted by Gasteiger charge is 2.36. The monoisotopic (exact) mass is 415 g/mol. The zero-order chi connectivity index (χ0) is 21.2. The van der Waals surface area contributed by atoms with Gasteiger partial charge in [0.1, 0.15) is 0 Å². The smallest absolute Gasteiger partial charge is 0.313 e. The molecule has 0 spiro atoms. The van der Waals surface area contributed by atoms with Gasteiger partial charge in [-0.25, -0.2) is 4.98 Å². The average molecular weight is 416 g/mol. The molecule has 2 aromatic rings.